The summed E-state index contributed by atoms with van der Waals surface area (Å²) in [5.41, 5.74) is 2.79. The molecule has 0 aliphatic rings. The Bertz CT molecular complexity index is 508. The van der Waals surface area contributed by atoms with E-state index in [1.165, 1.54) is 0 Å². The van der Waals surface area contributed by atoms with E-state index in [1.54, 1.807) is 16.3 Å². The number of hydrogen-bond acceptors (Lipinski definition) is 4. The van der Waals surface area contributed by atoms with Crippen molar-refractivity contribution < 1.29 is 0 Å². The number of hydrogen-bond donors (Lipinski definition) is 0. The summed E-state index contributed by atoms with van der Waals surface area (Å²) in [6.45, 7) is 3.92. The maximum absolute atomic E-state index is 6.03. The molecular formula is C9H11ClN4S. The van der Waals surface area contributed by atoms with E-state index in [0.717, 1.165) is 28.4 Å². The number of aryl methyl sites for hydroxylation is 1. The van der Waals surface area contributed by atoms with Gasteiger partial charge in [0, 0.05) is 5.56 Å². The molecule has 0 bridgehead atoms. The van der Waals surface area contributed by atoms with Crippen molar-refractivity contribution >= 4 is 29.0 Å². The molecule has 0 saturated carbocycles. The van der Waals surface area contributed by atoms with Gasteiger partial charge in [-0.15, -0.1) is 10.2 Å². The van der Waals surface area contributed by atoms with Crippen molar-refractivity contribution in [2.24, 2.45) is 0 Å². The van der Waals surface area contributed by atoms with Crippen LogP contribution in [0.2, 0.25) is 5.15 Å². The van der Waals surface area contributed by atoms with Gasteiger partial charge >= 0.3 is 0 Å². The molecule has 2 heterocycles. The minimum absolute atomic E-state index is 0.516. The molecule has 2 rings (SSSR count). The van der Waals surface area contributed by atoms with Crippen LogP contribution >= 0.6 is 23.4 Å². The van der Waals surface area contributed by atoms with Gasteiger partial charge in [-0.05, 0) is 25.7 Å². The standard InChI is InChI=1S/C9H11ClN4S/c1-5-6(2)9-12-11-7(4-15-3)14(9)13-8(5)10/h4H2,1-3H3. The first-order valence-electron chi connectivity index (χ1n) is 4.51. The van der Waals surface area contributed by atoms with E-state index in [-0.39, 0.29) is 0 Å². The van der Waals surface area contributed by atoms with Crippen molar-refractivity contribution in [2.45, 2.75) is 19.6 Å². The number of nitrogens with zero attached hydrogens (tertiary/aromatic N) is 4. The smallest absolute Gasteiger partial charge is 0.181 e. The van der Waals surface area contributed by atoms with Crippen molar-refractivity contribution in [1.29, 1.82) is 0 Å². The Labute approximate surface area is 97.0 Å². The molecule has 0 amide bonds. The lowest BCUT2D eigenvalue weighted by atomic mass is 10.2. The van der Waals surface area contributed by atoms with E-state index in [2.05, 4.69) is 15.3 Å². The van der Waals surface area contributed by atoms with Crippen LogP contribution in [-0.4, -0.2) is 26.1 Å². The Kier molecular flexibility index (Phi) is 2.84. The molecule has 4 nitrogen and oxygen atoms in total. The van der Waals surface area contributed by atoms with Crippen LogP contribution in [0.25, 0.3) is 5.65 Å². The predicted molar refractivity (Wildman–Crippen MR) is 62.5 cm³/mol. The average molecular weight is 243 g/mol. The van der Waals surface area contributed by atoms with E-state index in [9.17, 15) is 0 Å². The fraction of sp³-hybridized carbons (Fsp3) is 0.444. The molecule has 2 aromatic rings. The molecule has 0 N–H and O–H groups in total. The molecule has 2 aromatic heterocycles. The number of halogens is 1. The molecule has 0 fully saturated rings. The van der Waals surface area contributed by atoms with Crippen LogP contribution in [0.3, 0.4) is 0 Å². The third kappa shape index (κ3) is 1.70. The number of rotatable bonds is 2. The van der Waals surface area contributed by atoms with Crippen molar-refractivity contribution in [2.75, 3.05) is 6.26 Å². The summed E-state index contributed by atoms with van der Waals surface area (Å²) in [5.74, 6) is 1.62. The SMILES string of the molecule is CSCc1nnc2c(C)c(C)c(Cl)nn12. The zero-order valence-electron chi connectivity index (χ0n) is 8.78. The van der Waals surface area contributed by atoms with Gasteiger partial charge in [-0.2, -0.15) is 21.4 Å². The molecule has 0 aliphatic heterocycles. The fourth-order valence-corrected chi connectivity index (χ4v) is 2.01. The Morgan fingerprint density at radius 2 is 2.00 bits per heavy atom. The lowest BCUT2D eigenvalue weighted by Gasteiger charge is -2.04. The van der Waals surface area contributed by atoms with Gasteiger partial charge in [0.25, 0.3) is 0 Å². The first-order valence-corrected chi connectivity index (χ1v) is 6.28. The van der Waals surface area contributed by atoms with Gasteiger partial charge in [0.2, 0.25) is 0 Å². The van der Waals surface area contributed by atoms with Crippen molar-refractivity contribution in [3.8, 4) is 0 Å². The highest BCUT2D eigenvalue weighted by Gasteiger charge is 2.12. The second-order valence-corrected chi connectivity index (χ2v) is 4.55. The van der Waals surface area contributed by atoms with E-state index < -0.39 is 0 Å². The van der Waals surface area contributed by atoms with Gasteiger partial charge in [0.15, 0.2) is 16.6 Å². The second-order valence-electron chi connectivity index (χ2n) is 3.33. The van der Waals surface area contributed by atoms with E-state index >= 15 is 0 Å². The van der Waals surface area contributed by atoms with Crippen LogP contribution in [0.1, 0.15) is 17.0 Å². The molecule has 0 saturated heterocycles. The van der Waals surface area contributed by atoms with Crippen LogP contribution in [0.5, 0.6) is 0 Å². The molecule has 15 heavy (non-hydrogen) atoms. The fourth-order valence-electron chi connectivity index (χ4n) is 1.36. The minimum Gasteiger partial charge on any atom is -0.195 e. The summed E-state index contributed by atoms with van der Waals surface area (Å²) in [5, 5.41) is 13.0. The topological polar surface area (TPSA) is 43.1 Å². The van der Waals surface area contributed by atoms with Gasteiger partial charge in [0.05, 0.1) is 5.75 Å². The van der Waals surface area contributed by atoms with Gasteiger partial charge in [-0.25, -0.2) is 0 Å². The van der Waals surface area contributed by atoms with Gasteiger partial charge < -0.3 is 0 Å². The molecule has 0 unspecified atom stereocenters. The Balaban J connectivity index is 2.71. The quantitative estimate of drug-likeness (QED) is 0.810. The number of aromatic nitrogens is 4. The molecule has 0 aromatic carbocycles. The van der Waals surface area contributed by atoms with Crippen molar-refractivity contribution in [3.05, 3.63) is 22.1 Å². The van der Waals surface area contributed by atoms with E-state index in [0.29, 0.717) is 5.15 Å². The maximum atomic E-state index is 6.03. The largest absolute Gasteiger partial charge is 0.195 e. The zero-order chi connectivity index (χ0) is 11.0. The zero-order valence-corrected chi connectivity index (χ0v) is 10.4. The van der Waals surface area contributed by atoms with Crippen LogP contribution in [-0.2, 0) is 5.75 Å². The van der Waals surface area contributed by atoms with Gasteiger partial charge in [-0.3, -0.25) is 0 Å². The van der Waals surface area contributed by atoms with E-state index in [1.807, 2.05) is 20.1 Å². The molecule has 0 atom stereocenters. The second kappa shape index (κ2) is 3.98. The average Bonchev–Trinajstić information content (AvgIpc) is 2.59. The van der Waals surface area contributed by atoms with Crippen LogP contribution < -0.4 is 0 Å². The molecule has 0 spiro atoms. The Morgan fingerprint density at radius 3 is 2.67 bits per heavy atom. The summed E-state index contributed by atoms with van der Waals surface area (Å²) in [4.78, 5) is 0. The van der Waals surface area contributed by atoms with Crippen LogP contribution in [0, 0.1) is 13.8 Å². The first-order chi connectivity index (χ1) is 7.15. The predicted octanol–water partition coefficient (Wildman–Crippen LogP) is 2.26. The lowest BCUT2D eigenvalue weighted by Crippen LogP contribution is -2.01. The molecule has 6 heteroatoms. The third-order valence-electron chi connectivity index (χ3n) is 2.37. The van der Waals surface area contributed by atoms with Crippen molar-refractivity contribution in [1.82, 2.24) is 19.8 Å². The highest BCUT2D eigenvalue weighted by Crippen LogP contribution is 2.20. The summed E-state index contributed by atoms with van der Waals surface area (Å²) in [7, 11) is 0. The highest BCUT2D eigenvalue weighted by molar-refractivity contribution is 7.97. The highest BCUT2D eigenvalue weighted by atomic mass is 35.5. The summed E-state index contributed by atoms with van der Waals surface area (Å²) in [6.07, 6.45) is 2.02. The van der Waals surface area contributed by atoms with E-state index in [4.69, 9.17) is 11.6 Å². The molecule has 0 radical (unpaired) electrons. The number of fused-ring (bicyclic) bond motifs is 1. The summed E-state index contributed by atoms with van der Waals surface area (Å²) >= 11 is 7.71. The first kappa shape index (κ1) is 10.7. The van der Waals surface area contributed by atoms with Crippen molar-refractivity contribution in [3.63, 3.8) is 0 Å². The minimum atomic E-state index is 0.516. The molecular weight excluding hydrogens is 232 g/mol. The normalized spacial score (nSPS) is 11.2. The Morgan fingerprint density at radius 1 is 1.27 bits per heavy atom. The third-order valence-corrected chi connectivity index (χ3v) is 3.28. The maximum Gasteiger partial charge on any atom is 0.181 e. The van der Waals surface area contributed by atoms with Gasteiger partial charge in [-0.1, -0.05) is 11.6 Å². The van der Waals surface area contributed by atoms with Gasteiger partial charge in [0.1, 0.15) is 0 Å². The Hall–Kier alpha value is -0.810. The molecule has 0 aliphatic carbocycles. The van der Waals surface area contributed by atoms with Crippen LogP contribution in [0.15, 0.2) is 0 Å². The molecule has 80 valence electrons. The van der Waals surface area contributed by atoms with Crippen LogP contribution in [0.4, 0.5) is 0 Å². The lowest BCUT2D eigenvalue weighted by molar-refractivity contribution is 0.858. The summed E-state index contributed by atoms with van der Waals surface area (Å²) < 4.78 is 1.72. The number of thioether (sulfide) groups is 1. The monoisotopic (exact) mass is 242 g/mol. The summed E-state index contributed by atoms with van der Waals surface area (Å²) in [6, 6.07) is 0.